The topological polar surface area (TPSA) is 60.3 Å². The normalized spacial score (nSPS) is 18.3. The van der Waals surface area contributed by atoms with Gasteiger partial charge in [-0.1, -0.05) is 36.0 Å². The van der Waals surface area contributed by atoms with Gasteiger partial charge in [0.05, 0.1) is 23.3 Å². The number of amides is 1. The molecule has 1 amide bonds. The van der Waals surface area contributed by atoms with E-state index in [0.29, 0.717) is 5.75 Å². The molecule has 1 fully saturated rings. The molecular weight excluding hydrogens is 404 g/mol. The van der Waals surface area contributed by atoms with Gasteiger partial charge in [-0.2, -0.15) is 0 Å². The summed E-state index contributed by atoms with van der Waals surface area (Å²) in [6, 6.07) is 12.2. The first-order valence-corrected chi connectivity index (χ1v) is 11.8. The van der Waals surface area contributed by atoms with Gasteiger partial charge >= 0.3 is 0 Å². The number of thiophene rings is 1. The summed E-state index contributed by atoms with van der Waals surface area (Å²) in [4.78, 5) is 15.9. The van der Waals surface area contributed by atoms with Crippen LogP contribution in [0, 0.1) is 0 Å². The van der Waals surface area contributed by atoms with E-state index in [9.17, 15) is 4.79 Å². The van der Waals surface area contributed by atoms with Crippen molar-refractivity contribution in [3.8, 4) is 10.7 Å². The Balaban J connectivity index is 1.33. The van der Waals surface area contributed by atoms with Crippen molar-refractivity contribution in [1.82, 2.24) is 14.8 Å². The number of aromatic nitrogens is 3. The predicted octanol–water partition coefficient (Wildman–Crippen LogP) is 3.87. The number of thioether (sulfide) groups is 1. The van der Waals surface area contributed by atoms with Crippen LogP contribution in [0.15, 0.2) is 46.9 Å². The zero-order chi connectivity index (χ0) is 19.6. The van der Waals surface area contributed by atoms with Crippen LogP contribution < -0.4 is 4.90 Å². The quantitative estimate of drug-likeness (QED) is 0.560. The van der Waals surface area contributed by atoms with Gasteiger partial charge in [0.25, 0.3) is 0 Å². The number of hydrogen-bond acceptors (Lipinski definition) is 6. The molecule has 0 saturated carbocycles. The van der Waals surface area contributed by atoms with Crippen molar-refractivity contribution in [3.63, 3.8) is 0 Å². The average molecular weight is 427 g/mol. The maximum Gasteiger partial charge on any atom is 0.237 e. The Bertz CT molecular complexity index is 996. The van der Waals surface area contributed by atoms with Gasteiger partial charge in [0.1, 0.15) is 0 Å². The highest BCUT2D eigenvalue weighted by atomic mass is 32.2. The summed E-state index contributed by atoms with van der Waals surface area (Å²) in [6.45, 7) is 2.29. The Morgan fingerprint density at radius 3 is 3.00 bits per heavy atom. The zero-order valence-corrected chi connectivity index (χ0v) is 17.6. The molecule has 2 aromatic heterocycles. The van der Waals surface area contributed by atoms with E-state index in [4.69, 9.17) is 4.74 Å². The highest BCUT2D eigenvalue weighted by Crippen LogP contribution is 2.31. The van der Waals surface area contributed by atoms with E-state index >= 15 is 0 Å². The molecule has 0 spiro atoms. The summed E-state index contributed by atoms with van der Waals surface area (Å²) in [5.41, 5.74) is 2.28. The van der Waals surface area contributed by atoms with Gasteiger partial charge in [0.15, 0.2) is 11.0 Å². The van der Waals surface area contributed by atoms with Gasteiger partial charge in [-0.15, -0.1) is 21.5 Å². The minimum absolute atomic E-state index is 0.115. The van der Waals surface area contributed by atoms with Gasteiger partial charge in [-0.3, -0.25) is 9.36 Å². The highest BCUT2D eigenvalue weighted by molar-refractivity contribution is 7.99. The molecule has 2 aliphatic heterocycles. The number of anilines is 1. The molecule has 0 aliphatic carbocycles. The molecule has 0 N–H and O–H groups in total. The van der Waals surface area contributed by atoms with Crippen LogP contribution >= 0.6 is 23.1 Å². The van der Waals surface area contributed by atoms with Crippen LogP contribution in [0.4, 0.5) is 5.69 Å². The number of carbonyl (C=O) groups excluding carboxylic acids is 1. The van der Waals surface area contributed by atoms with Crippen molar-refractivity contribution in [2.75, 3.05) is 23.8 Å². The van der Waals surface area contributed by atoms with Crippen LogP contribution in [0.3, 0.4) is 0 Å². The Morgan fingerprint density at radius 1 is 1.24 bits per heavy atom. The molecule has 0 bridgehead atoms. The van der Waals surface area contributed by atoms with E-state index in [2.05, 4.69) is 26.9 Å². The molecule has 0 radical (unpaired) electrons. The number of benzene rings is 1. The first kappa shape index (κ1) is 18.8. The lowest BCUT2D eigenvalue weighted by Gasteiger charge is -2.17. The summed E-state index contributed by atoms with van der Waals surface area (Å²) in [6.07, 6.45) is 3.25. The van der Waals surface area contributed by atoms with Crippen LogP contribution in [0.2, 0.25) is 0 Å². The van der Waals surface area contributed by atoms with Crippen molar-refractivity contribution in [1.29, 1.82) is 0 Å². The average Bonchev–Trinajstić information content (AvgIpc) is 3.53. The molecule has 1 aromatic carbocycles. The number of ether oxygens (including phenoxy) is 1. The second-order valence-electron chi connectivity index (χ2n) is 7.24. The molecule has 3 aromatic rings. The second-order valence-corrected chi connectivity index (χ2v) is 9.13. The fraction of sp³-hybridized carbons (Fsp3) is 0.381. The third-order valence-electron chi connectivity index (χ3n) is 5.38. The summed E-state index contributed by atoms with van der Waals surface area (Å²) in [5.74, 6) is 1.32. The predicted molar refractivity (Wildman–Crippen MR) is 116 cm³/mol. The molecule has 5 rings (SSSR count). The minimum Gasteiger partial charge on any atom is -0.376 e. The molecule has 0 unspecified atom stereocenters. The number of fused-ring (bicyclic) bond motifs is 1. The largest absolute Gasteiger partial charge is 0.376 e. The number of carbonyl (C=O) groups is 1. The Hall–Kier alpha value is -2.16. The molecule has 150 valence electrons. The lowest BCUT2D eigenvalue weighted by atomic mass is 10.2. The van der Waals surface area contributed by atoms with E-state index in [-0.39, 0.29) is 12.0 Å². The van der Waals surface area contributed by atoms with Crippen molar-refractivity contribution < 1.29 is 9.53 Å². The zero-order valence-electron chi connectivity index (χ0n) is 16.0. The van der Waals surface area contributed by atoms with Crippen LogP contribution in [0.25, 0.3) is 10.7 Å². The van der Waals surface area contributed by atoms with Gasteiger partial charge in [0.2, 0.25) is 5.91 Å². The molecular formula is C21H22N4O2S2. The molecule has 4 heterocycles. The lowest BCUT2D eigenvalue weighted by Crippen LogP contribution is -2.30. The third kappa shape index (κ3) is 3.84. The molecule has 6 nitrogen and oxygen atoms in total. The standard InChI is InChI=1S/C21H22N4O2S2/c26-19(24-10-9-15-5-1-2-7-17(15)24)14-29-21-23-22-20(18-8-4-12-28-18)25(21)13-16-6-3-11-27-16/h1-2,4-5,7-8,12,16H,3,6,9-11,13-14H2/t16-/m0/s1. The number of nitrogens with zero attached hydrogens (tertiary/aromatic N) is 4. The van der Waals surface area contributed by atoms with Crippen molar-refractivity contribution in [3.05, 3.63) is 47.3 Å². The van der Waals surface area contributed by atoms with Crippen LogP contribution in [0.1, 0.15) is 18.4 Å². The first-order valence-electron chi connectivity index (χ1n) is 9.89. The number of para-hydroxylation sites is 1. The highest BCUT2D eigenvalue weighted by Gasteiger charge is 2.26. The van der Waals surface area contributed by atoms with E-state index in [1.165, 1.54) is 17.3 Å². The van der Waals surface area contributed by atoms with Crippen molar-refractivity contribution >= 4 is 34.7 Å². The number of hydrogen-bond donors (Lipinski definition) is 0. The van der Waals surface area contributed by atoms with Crippen LogP contribution in [-0.4, -0.2) is 45.7 Å². The lowest BCUT2D eigenvalue weighted by molar-refractivity contribution is -0.116. The van der Waals surface area contributed by atoms with Gasteiger partial charge < -0.3 is 9.64 Å². The SMILES string of the molecule is O=C(CSc1nnc(-c2cccs2)n1C[C@@H]1CCCO1)N1CCc2ccccc21. The Morgan fingerprint density at radius 2 is 2.17 bits per heavy atom. The summed E-state index contributed by atoms with van der Waals surface area (Å²) in [5, 5.41) is 11.7. The fourth-order valence-electron chi connectivity index (χ4n) is 3.94. The molecule has 8 heteroatoms. The maximum absolute atomic E-state index is 12.9. The Kier molecular flexibility index (Phi) is 5.39. The van der Waals surface area contributed by atoms with E-state index in [0.717, 1.165) is 60.5 Å². The van der Waals surface area contributed by atoms with E-state index < -0.39 is 0 Å². The fourth-order valence-corrected chi connectivity index (χ4v) is 5.48. The summed E-state index contributed by atoms with van der Waals surface area (Å²) in [7, 11) is 0. The van der Waals surface area contributed by atoms with E-state index in [1.807, 2.05) is 34.5 Å². The van der Waals surface area contributed by atoms with Crippen molar-refractivity contribution in [2.24, 2.45) is 0 Å². The van der Waals surface area contributed by atoms with Gasteiger partial charge in [-0.25, -0.2) is 0 Å². The molecule has 29 heavy (non-hydrogen) atoms. The maximum atomic E-state index is 12.9. The van der Waals surface area contributed by atoms with Crippen LogP contribution in [0.5, 0.6) is 0 Å². The summed E-state index contributed by atoms with van der Waals surface area (Å²) >= 11 is 3.12. The van der Waals surface area contributed by atoms with Crippen molar-refractivity contribution in [2.45, 2.75) is 37.1 Å². The second kappa shape index (κ2) is 8.30. The van der Waals surface area contributed by atoms with Gasteiger partial charge in [0, 0.05) is 18.8 Å². The monoisotopic (exact) mass is 426 g/mol. The third-order valence-corrected chi connectivity index (χ3v) is 7.20. The molecule has 2 aliphatic rings. The smallest absolute Gasteiger partial charge is 0.237 e. The Labute approximate surface area is 177 Å². The first-order chi connectivity index (χ1) is 14.3. The molecule has 1 atom stereocenters. The number of rotatable bonds is 6. The minimum atomic E-state index is 0.115. The van der Waals surface area contributed by atoms with Gasteiger partial charge in [-0.05, 0) is 42.3 Å². The molecule has 1 saturated heterocycles. The van der Waals surface area contributed by atoms with Crippen LogP contribution in [-0.2, 0) is 22.5 Å². The summed E-state index contributed by atoms with van der Waals surface area (Å²) < 4.78 is 7.96. The van der Waals surface area contributed by atoms with E-state index in [1.54, 1.807) is 11.3 Å².